The van der Waals surface area contributed by atoms with E-state index in [2.05, 4.69) is 0 Å². The van der Waals surface area contributed by atoms with E-state index in [4.69, 9.17) is 4.74 Å². The smallest absolute Gasteiger partial charge is 0.352 e. The van der Waals surface area contributed by atoms with Crippen LogP contribution in [-0.4, -0.2) is 54.7 Å². The van der Waals surface area contributed by atoms with Crippen LogP contribution in [0, 0.1) is 13.8 Å². The van der Waals surface area contributed by atoms with Crippen LogP contribution in [0.15, 0.2) is 4.90 Å². The highest BCUT2D eigenvalue weighted by Crippen LogP contribution is 2.28. The first-order chi connectivity index (χ1) is 9.28. The molecule has 0 atom stereocenters. The highest BCUT2D eigenvalue weighted by Gasteiger charge is 2.33. The minimum absolute atomic E-state index is 0.00864. The van der Waals surface area contributed by atoms with Crippen LogP contribution in [0.25, 0.3) is 0 Å². The zero-order chi connectivity index (χ0) is 15.1. The van der Waals surface area contributed by atoms with Crippen molar-refractivity contribution in [3.05, 3.63) is 17.0 Å². The van der Waals surface area contributed by atoms with Crippen LogP contribution in [-0.2, 0) is 21.8 Å². The normalized spacial score (nSPS) is 17.4. The van der Waals surface area contributed by atoms with Crippen molar-refractivity contribution >= 4 is 16.0 Å². The third-order valence-corrected chi connectivity index (χ3v) is 5.80. The van der Waals surface area contributed by atoms with E-state index in [1.54, 1.807) is 14.0 Å². The average Bonchev–Trinajstić information content (AvgIpc) is 2.61. The Hall–Kier alpha value is -1.38. The summed E-state index contributed by atoms with van der Waals surface area (Å²) in [6, 6.07) is 0. The van der Waals surface area contributed by atoms with Gasteiger partial charge in [-0.3, -0.25) is 0 Å². The Kier molecular flexibility index (Phi) is 3.90. The number of carboxylic acids is 1. The minimum atomic E-state index is -3.69. The number of ether oxygens (including phenoxy) is 1. The van der Waals surface area contributed by atoms with E-state index in [1.165, 1.54) is 15.8 Å². The molecule has 1 aliphatic rings. The molecule has 0 spiro atoms. The van der Waals surface area contributed by atoms with Crippen LogP contribution in [0.2, 0.25) is 0 Å². The van der Waals surface area contributed by atoms with Gasteiger partial charge in [0.2, 0.25) is 10.0 Å². The monoisotopic (exact) mass is 302 g/mol. The van der Waals surface area contributed by atoms with Gasteiger partial charge < -0.3 is 14.4 Å². The Balaban J connectivity index is 2.57. The topological polar surface area (TPSA) is 88.8 Å². The van der Waals surface area contributed by atoms with Gasteiger partial charge in [0.15, 0.2) is 0 Å². The summed E-state index contributed by atoms with van der Waals surface area (Å²) in [7, 11) is -2.13. The summed E-state index contributed by atoms with van der Waals surface area (Å²) in [5.74, 6) is -1.13. The van der Waals surface area contributed by atoms with Crippen LogP contribution in [0.5, 0.6) is 0 Å². The number of carboxylic acid groups (broad SMARTS) is 1. The van der Waals surface area contributed by atoms with Gasteiger partial charge in [0.1, 0.15) is 10.6 Å². The largest absolute Gasteiger partial charge is 0.477 e. The van der Waals surface area contributed by atoms with Crippen molar-refractivity contribution in [1.82, 2.24) is 8.87 Å². The van der Waals surface area contributed by atoms with Crippen molar-refractivity contribution in [2.75, 3.05) is 26.3 Å². The fourth-order valence-corrected chi connectivity index (χ4v) is 4.43. The van der Waals surface area contributed by atoms with Gasteiger partial charge in [0, 0.05) is 31.4 Å². The first-order valence-electron chi connectivity index (χ1n) is 6.25. The van der Waals surface area contributed by atoms with E-state index < -0.39 is 16.0 Å². The van der Waals surface area contributed by atoms with Crippen molar-refractivity contribution in [2.24, 2.45) is 7.05 Å². The molecule has 1 aromatic rings. The molecule has 2 rings (SSSR count). The number of morpholine rings is 1. The second-order valence-electron chi connectivity index (χ2n) is 4.77. The number of aromatic nitrogens is 1. The zero-order valence-corrected chi connectivity index (χ0v) is 12.5. The molecule has 20 heavy (non-hydrogen) atoms. The molecule has 0 unspecified atom stereocenters. The Bertz CT molecular complexity index is 641. The summed E-state index contributed by atoms with van der Waals surface area (Å²) >= 11 is 0. The molecule has 8 heteroatoms. The number of nitrogens with zero attached hydrogens (tertiary/aromatic N) is 2. The zero-order valence-electron chi connectivity index (χ0n) is 11.7. The first-order valence-corrected chi connectivity index (χ1v) is 7.69. The Labute approximate surface area is 117 Å². The number of hydrogen-bond acceptors (Lipinski definition) is 4. The van der Waals surface area contributed by atoms with E-state index >= 15 is 0 Å². The van der Waals surface area contributed by atoms with E-state index in [9.17, 15) is 18.3 Å². The predicted octanol–water partition coefficient (Wildman–Crippen LogP) is 0.361. The summed E-state index contributed by atoms with van der Waals surface area (Å²) < 4.78 is 33.3. The second kappa shape index (κ2) is 5.19. The van der Waals surface area contributed by atoms with Crippen molar-refractivity contribution in [2.45, 2.75) is 18.7 Å². The number of hydrogen-bond donors (Lipinski definition) is 1. The fourth-order valence-electron chi connectivity index (χ4n) is 2.55. The Morgan fingerprint density at radius 3 is 2.25 bits per heavy atom. The third-order valence-electron chi connectivity index (χ3n) is 3.63. The number of sulfonamides is 1. The lowest BCUT2D eigenvalue weighted by Gasteiger charge is -2.26. The first kappa shape index (κ1) is 15.0. The lowest BCUT2D eigenvalue weighted by Crippen LogP contribution is -2.41. The van der Waals surface area contributed by atoms with Gasteiger partial charge in [-0.2, -0.15) is 4.31 Å². The molecule has 112 valence electrons. The molecule has 1 fully saturated rings. The van der Waals surface area contributed by atoms with E-state index in [1.807, 2.05) is 0 Å². The summed E-state index contributed by atoms with van der Waals surface area (Å²) in [4.78, 5) is 11.4. The van der Waals surface area contributed by atoms with Crippen LogP contribution in [0.4, 0.5) is 0 Å². The molecule has 1 aliphatic heterocycles. The molecule has 0 amide bonds. The van der Waals surface area contributed by atoms with Crippen LogP contribution in [0.3, 0.4) is 0 Å². The quantitative estimate of drug-likeness (QED) is 0.871. The molecule has 1 saturated heterocycles. The number of aromatic carboxylic acids is 1. The molecule has 2 heterocycles. The van der Waals surface area contributed by atoms with Crippen molar-refractivity contribution in [3.8, 4) is 0 Å². The van der Waals surface area contributed by atoms with Gasteiger partial charge in [0.25, 0.3) is 0 Å². The van der Waals surface area contributed by atoms with Crippen molar-refractivity contribution in [1.29, 1.82) is 0 Å². The van der Waals surface area contributed by atoms with Gasteiger partial charge in [-0.1, -0.05) is 0 Å². The molecule has 1 aromatic heterocycles. The highest BCUT2D eigenvalue weighted by atomic mass is 32.2. The van der Waals surface area contributed by atoms with E-state index in [0.29, 0.717) is 32.0 Å². The fraction of sp³-hybridized carbons (Fsp3) is 0.583. The van der Waals surface area contributed by atoms with E-state index in [0.717, 1.165) is 0 Å². The molecule has 0 bridgehead atoms. The molecule has 0 saturated carbocycles. The second-order valence-corrected chi connectivity index (χ2v) is 6.64. The maximum atomic E-state index is 12.7. The molecular weight excluding hydrogens is 284 g/mol. The van der Waals surface area contributed by atoms with Gasteiger partial charge in [0.05, 0.1) is 13.2 Å². The van der Waals surface area contributed by atoms with E-state index in [-0.39, 0.29) is 16.2 Å². The third kappa shape index (κ3) is 2.23. The maximum absolute atomic E-state index is 12.7. The summed E-state index contributed by atoms with van der Waals surface area (Å²) in [5.41, 5.74) is 0.727. The van der Waals surface area contributed by atoms with Crippen LogP contribution in [0.1, 0.15) is 21.7 Å². The molecule has 0 aliphatic carbocycles. The summed E-state index contributed by atoms with van der Waals surface area (Å²) in [6.07, 6.45) is 0. The van der Waals surface area contributed by atoms with Crippen molar-refractivity contribution < 1.29 is 23.1 Å². The lowest BCUT2D eigenvalue weighted by atomic mass is 10.2. The number of rotatable bonds is 3. The molecule has 7 nitrogen and oxygen atoms in total. The summed E-state index contributed by atoms with van der Waals surface area (Å²) in [6.45, 7) is 4.44. The molecular formula is C12H18N2O5S. The molecule has 0 aromatic carbocycles. The Morgan fingerprint density at radius 2 is 1.80 bits per heavy atom. The standard InChI is InChI=1S/C12H18N2O5S/c1-8-10(12(15)16)13(3)9(2)11(8)20(17,18)14-4-6-19-7-5-14/h4-7H2,1-3H3,(H,15,16). The van der Waals surface area contributed by atoms with Gasteiger partial charge >= 0.3 is 5.97 Å². The maximum Gasteiger partial charge on any atom is 0.352 e. The number of carbonyl (C=O) groups is 1. The van der Waals surface area contributed by atoms with Crippen LogP contribution >= 0.6 is 0 Å². The SMILES string of the molecule is Cc1c(S(=O)(=O)N2CCOCC2)c(C)n(C)c1C(=O)O. The molecule has 0 radical (unpaired) electrons. The van der Waals surface area contributed by atoms with Gasteiger partial charge in [-0.25, -0.2) is 13.2 Å². The van der Waals surface area contributed by atoms with Crippen LogP contribution < -0.4 is 0 Å². The lowest BCUT2D eigenvalue weighted by molar-refractivity contribution is 0.0685. The predicted molar refractivity (Wildman–Crippen MR) is 71.4 cm³/mol. The Morgan fingerprint density at radius 1 is 1.25 bits per heavy atom. The van der Waals surface area contributed by atoms with Crippen molar-refractivity contribution in [3.63, 3.8) is 0 Å². The van der Waals surface area contributed by atoms with Gasteiger partial charge in [-0.15, -0.1) is 0 Å². The summed E-state index contributed by atoms with van der Waals surface area (Å²) in [5, 5.41) is 9.21. The average molecular weight is 302 g/mol. The molecule has 1 N–H and O–H groups in total. The van der Waals surface area contributed by atoms with Gasteiger partial charge in [-0.05, 0) is 13.8 Å². The minimum Gasteiger partial charge on any atom is -0.477 e. The highest BCUT2D eigenvalue weighted by molar-refractivity contribution is 7.89.